The van der Waals surface area contributed by atoms with Crippen molar-refractivity contribution in [3.05, 3.63) is 59.7 Å². The molecule has 156 valence electrons. The Hall–Kier alpha value is -2.60. The second-order valence-corrected chi connectivity index (χ2v) is 8.94. The Bertz CT molecular complexity index is 1030. The third-order valence-corrected chi connectivity index (χ3v) is 6.78. The summed E-state index contributed by atoms with van der Waals surface area (Å²) < 4.78 is 2.07. The molecule has 2 heterocycles. The number of rotatable bonds is 5. The van der Waals surface area contributed by atoms with Gasteiger partial charge in [-0.1, -0.05) is 48.2 Å². The number of aromatic nitrogens is 3. The summed E-state index contributed by atoms with van der Waals surface area (Å²) in [6.07, 6.45) is 3.39. The molecule has 1 aliphatic heterocycles. The molecule has 30 heavy (non-hydrogen) atoms. The Morgan fingerprint density at radius 1 is 1.07 bits per heavy atom. The fraction of sp³-hybridized carbons (Fsp3) is 0.375. The molecular weight excluding hydrogens is 392 g/mol. The molecule has 0 radical (unpaired) electrons. The van der Waals surface area contributed by atoms with Crippen LogP contribution in [0.15, 0.2) is 53.7 Å². The van der Waals surface area contributed by atoms with Crippen LogP contribution in [-0.2, 0) is 4.79 Å². The number of hydrogen-bond acceptors (Lipinski definition) is 4. The van der Waals surface area contributed by atoms with E-state index in [-0.39, 0.29) is 5.91 Å². The van der Waals surface area contributed by atoms with Crippen LogP contribution in [-0.4, -0.2) is 43.9 Å². The van der Waals surface area contributed by atoms with Crippen LogP contribution in [0, 0.1) is 13.8 Å². The van der Waals surface area contributed by atoms with Gasteiger partial charge in [0.1, 0.15) is 0 Å². The fourth-order valence-electron chi connectivity index (χ4n) is 3.91. The van der Waals surface area contributed by atoms with Gasteiger partial charge in [-0.15, -0.1) is 10.2 Å². The van der Waals surface area contributed by atoms with Gasteiger partial charge in [0.25, 0.3) is 0 Å². The Kier molecular flexibility index (Phi) is 6.23. The first-order valence-electron chi connectivity index (χ1n) is 10.6. The van der Waals surface area contributed by atoms with Gasteiger partial charge in [0.2, 0.25) is 5.91 Å². The molecule has 0 saturated carbocycles. The predicted octanol–water partition coefficient (Wildman–Crippen LogP) is 5.04. The number of likely N-dealkylation sites (tertiary alicyclic amines) is 1. The van der Waals surface area contributed by atoms with Gasteiger partial charge in [0.15, 0.2) is 11.0 Å². The van der Waals surface area contributed by atoms with E-state index in [1.165, 1.54) is 29.3 Å². The Balaban J connectivity index is 1.65. The lowest BCUT2D eigenvalue weighted by molar-refractivity contribution is -0.131. The van der Waals surface area contributed by atoms with Gasteiger partial charge in [-0.25, -0.2) is 0 Å². The van der Waals surface area contributed by atoms with E-state index < -0.39 is 0 Å². The van der Waals surface area contributed by atoms with Crippen LogP contribution in [0.1, 0.15) is 37.3 Å². The van der Waals surface area contributed by atoms with Gasteiger partial charge in [0, 0.05) is 18.2 Å². The molecule has 4 rings (SSSR count). The van der Waals surface area contributed by atoms with Crippen molar-refractivity contribution in [2.24, 2.45) is 0 Å². The van der Waals surface area contributed by atoms with Gasteiger partial charge in [0.05, 0.1) is 11.4 Å². The summed E-state index contributed by atoms with van der Waals surface area (Å²) in [6, 6.07) is 16.8. The normalized spacial score (nSPS) is 16.6. The third-order valence-electron chi connectivity index (χ3n) is 5.86. The summed E-state index contributed by atoms with van der Waals surface area (Å²) in [5, 5.41) is 9.70. The average Bonchev–Trinajstić information content (AvgIpc) is 3.19. The van der Waals surface area contributed by atoms with Crippen molar-refractivity contribution in [2.45, 2.75) is 51.2 Å². The zero-order valence-corrected chi connectivity index (χ0v) is 18.7. The van der Waals surface area contributed by atoms with Crippen molar-refractivity contribution in [1.82, 2.24) is 19.7 Å². The summed E-state index contributed by atoms with van der Waals surface area (Å²) in [6.45, 7) is 7.23. The van der Waals surface area contributed by atoms with Crippen LogP contribution in [0.5, 0.6) is 0 Å². The predicted molar refractivity (Wildman–Crippen MR) is 122 cm³/mol. The lowest BCUT2D eigenvalue weighted by Crippen LogP contribution is -2.42. The third kappa shape index (κ3) is 4.29. The van der Waals surface area contributed by atoms with Crippen LogP contribution >= 0.6 is 11.8 Å². The number of aryl methyl sites for hydroxylation is 2. The molecule has 6 heteroatoms. The molecule has 1 fully saturated rings. The summed E-state index contributed by atoms with van der Waals surface area (Å²) in [5.41, 5.74) is 4.49. The maximum atomic E-state index is 12.9. The van der Waals surface area contributed by atoms with E-state index in [2.05, 4.69) is 53.7 Å². The fourth-order valence-corrected chi connectivity index (χ4v) is 4.75. The zero-order valence-electron chi connectivity index (χ0n) is 17.8. The Morgan fingerprint density at radius 2 is 1.87 bits per heavy atom. The molecular formula is C24H28N4OS. The van der Waals surface area contributed by atoms with Gasteiger partial charge < -0.3 is 4.90 Å². The lowest BCUT2D eigenvalue weighted by atomic mass is 10.0. The number of carbonyl (C=O) groups excluding carboxylic acids is 1. The SMILES string of the molecule is Cc1ccc(-n2c(SCC(=O)N3CCCC[C@@H]3C)nnc2-c2ccccc2)cc1C. The van der Waals surface area contributed by atoms with E-state index in [0.29, 0.717) is 11.8 Å². The molecule has 2 aromatic carbocycles. The number of carbonyl (C=O) groups is 1. The molecule has 1 amide bonds. The van der Waals surface area contributed by atoms with Crippen LogP contribution < -0.4 is 0 Å². The number of amides is 1. The number of benzene rings is 2. The monoisotopic (exact) mass is 420 g/mol. The van der Waals surface area contributed by atoms with Crippen molar-refractivity contribution >= 4 is 17.7 Å². The van der Waals surface area contributed by atoms with E-state index in [4.69, 9.17) is 0 Å². The van der Waals surface area contributed by atoms with Crippen LogP contribution in [0.4, 0.5) is 0 Å². The molecule has 1 aromatic heterocycles. The molecule has 3 aromatic rings. The number of hydrogen-bond donors (Lipinski definition) is 0. The molecule has 5 nitrogen and oxygen atoms in total. The zero-order chi connectivity index (χ0) is 21.1. The largest absolute Gasteiger partial charge is 0.339 e. The number of nitrogens with zero attached hydrogens (tertiary/aromatic N) is 4. The minimum atomic E-state index is 0.183. The summed E-state index contributed by atoms with van der Waals surface area (Å²) in [4.78, 5) is 14.9. The average molecular weight is 421 g/mol. The number of thioether (sulfide) groups is 1. The van der Waals surface area contributed by atoms with Crippen molar-refractivity contribution in [2.75, 3.05) is 12.3 Å². The van der Waals surface area contributed by atoms with Gasteiger partial charge in [-0.2, -0.15) is 0 Å². The quantitative estimate of drug-likeness (QED) is 0.542. The van der Waals surface area contributed by atoms with Crippen molar-refractivity contribution in [3.8, 4) is 17.1 Å². The Morgan fingerprint density at radius 3 is 2.60 bits per heavy atom. The maximum absolute atomic E-state index is 12.9. The maximum Gasteiger partial charge on any atom is 0.233 e. The van der Waals surface area contributed by atoms with E-state index in [0.717, 1.165) is 41.6 Å². The first-order valence-corrected chi connectivity index (χ1v) is 11.5. The Labute approximate surface area is 182 Å². The van der Waals surface area contributed by atoms with E-state index in [1.807, 2.05) is 35.2 Å². The standard InChI is InChI=1S/C24H28N4OS/c1-17-12-13-21(15-18(17)2)28-23(20-10-5-4-6-11-20)25-26-24(28)30-16-22(29)27-14-8-7-9-19(27)3/h4-6,10-13,15,19H,7-9,14,16H2,1-3H3/t19-/m0/s1. The highest BCUT2D eigenvalue weighted by atomic mass is 32.2. The molecule has 0 spiro atoms. The summed E-state index contributed by atoms with van der Waals surface area (Å²) in [5.74, 6) is 1.35. The smallest absolute Gasteiger partial charge is 0.233 e. The second-order valence-electron chi connectivity index (χ2n) is 8.00. The summed E-state index contributed by atoms with van der Waals surface area (Å²) in [7, 11) is 0. The first-order chi connectivity index (χ1) is 14.5. The minimum absolute atomic E-state index is 0.183. The van der Waals surface area contributed by atoms with Crippen LogP contribution in [0.2, 0.25) is 0 Å². The van der Waals surface area contributed by atoms with E-state index in [9.17, 15) is 4.79 Å². The molecule has 1 saturated heterocycles. The van der Waals surface area contributed by atoms with Gasteiger partial charge >= 0.3 is 0 Å². The van der Waals surface area contributed by atoms with E-state index >= 15 is 0 Å². The van der Waals surface area contributed by atoms with E-state index in [1.54, 1.807) is 0 Å². The van der Waals surface area contributed by atoms with Crippen LogP contribution in [0.3, 0.4) is 0 Å². The first kappa shape index (κ1) is 20.7. The molecule has 0 aliphatic carbocycles. The van der Waals surface area contributed by atoms with Crippen molar-refractivity contribution < 1.29 is 4.79 Å². The van der Waals surface area contributed by atoms with Crippen LogP contribution in [0.25, 0.3) is 17.1 Å². The minimum Gasteiger partial charge on any atom is -0.339 e. The number of piperidine rings is 1. The lowest BCUT2D eigenvalue weighted by Gasteiger charge is -2.33. The van der Waals surface area contributed by atoms with Crippen molar-refractivity contribution in [3.63, 3.8) is 0 Å². The molecule has 0 N–H and O–H groups in total. The molecule has 0 bridgehead atoms. The van der Waals surface area contributed by atoms with Gasteiger partial charge in [-0.3, -0.25) is 9.36 Å². The second kappa shape index (κ2) is 9.04. The summed E-state index contributed by atoms with van der Waals surface area (Å²) >= 11 is 1.47. The van der Waals surface area contributed by atoms with Crippen molar-refractivity contribution in [1.29, 1.82) is 0 Å². The highest BCUT2D eigenvalue weighted by Crippen LogP contribution is 2.29. The van der Waals surface area contributed by atoms with Gasteiger partial charge in [-0.05, 0) is 63.3 Å². The highest BCUT2D eigenvalue weighted by molar-refractivity contribution is 7.99. The highest BCUT2D eigenvalue weighted by Gasteiger charge is 2.24. The topological polar surface area (TPSA) is 51.0 Å². The molecule has 1 aliphatic rings. The molecule has 1 atom stereocenters. The molecule has 0 unspecified atom stereocenters.